The number of carbonyl (C=O) groups excluding carboxylic acids is 2. The standard InChI is InChI=1S/C18H24BrN3O2/c19-15-6-4-13(5-7-15)16(23)21-9-10-22-17(24)18-8-2-1-3-14(18)11-20-12-18/h4-7,14,20H,1-3,8-12H2,(H,21,23)(H,22,24)/t14-,18+/m0/s1. The monoisotopic (exact) mass is 393 g/mol. The Morgan fingerprint density at radius 1 is 1.17 bits per heavy atom. The first-order valence-corrected chi connectivity index (χ1v) is 9.44. The second kappa shape index (κ2) is 7.66. The molecule has 1 aliphatic carbocycles. The van der Waals surface area contributed by atoms with Crippen LogP contribution in [0.1, 0.15) is 36.0 Å². The number of fused-ring (bicyclic) bond motifs is 1. The Morgan fingerprint density at radius 2 is 1.92 bits per heavy atom. The van der Waals surface area contributed by atoms with Crippen LogP contribution < -0.4 is 16.0 Å². The second-order valence-corrected chi connectivity index (χ2v) is 7.66. The summed E-state index contributed by atoms with van der Waals surface area (Å²) in [5.41, 5.74) is 0.393. The van der Waals surface area contributed by atoms with Crippen LogP contribution in [0.25, 0.3) is 0 Å². The van der Waals surface area contributed by atoms with E-state index in [1.54, 1.807) is 12.1 Å². The maximum Gasteiger partial charge on any atom is 0.251 e. The molecule has 5 nitrogen and oxygen atoms in total. The van der Waals surface area contributed by atoms with Crippen LogP contribution in [-0.2, 0) is 4.79 Å². The molecule has 0 unspecified atom stereocenters. The van der Waals surface area contributed by atoms with Crippen molar-refractivity contribution in [3.05, 3.63) is 34.3 Å². The van der Waals surface area contributed by atoms with Crippen LogP contribution in [0.2, 0.25) is 0 Å². The zero-order chi connectivity index (χ0) is 17.0. The van der Waals surface area contributed by atoms with Gasteiger partial charge in [0.2, 0.25) is 5.91 Å². The molecule has 0 radical (unpaired) electrons. The van der Waals surface area contributed by atoms with Crippen molar-refractivity contribution in [3.8, 4) is 0 Å². The van der Waals surface area contributed by atoms with Crippen LogP contribution in [0.3, 0.4) is 0 Å². The van der Waals surface area contributed by atoms with Crippen molar-refractivity contribution in [2.45, 2.75) is 25.7 Å². The summed E-state index contributed by atoms with van der Waals surface area (Å²) in [7, 11) is 0. The molecule has 24 heavy (non-hydrogen) atoms. The van der Waals surface area contributed by atoms with Crippen molar-refractivity contribution < 1.29 is 9.59 Å². The first-order valence-electron chi connectivity index (χ1n) is 8.65. The summed E-state index contributed by atoms with van der Waals surface area (Å²) in [5.74, 6) is 0.492. The van der Waals surface area contributed by atoms with E-state index >= 15 is 0 Å². The molecule has 6 heteroatoms. The van der Waals surface area contributed by atoms with Gasteiger partial charge in [0.05, 0.1) is 5.41 Å². The Labute approximate surface area is 151 Å². The van der Waals surface area contributed by atoms with Crippen molar-refractivity contribution in [1.82, 2.24) is 16.0 Å². The number of amides is 2. The lowest BCUT2D eigenvalue weighted by atomic mass is 9.67. The van der Waals surface area contributed by atoms with Gasteiger partial charge in [-0.1, -0.05) is 28.8 Å². The summed E-state index contributed by atoms with van der Waals surface area (Å²) in [4.78, 5) is 24.7. The molecule has 1 heterocycles. The second-order valence-electron chi connectivity index (χ2n) is 6.75. The predicted octanol–water partition coefficient (Wildman–Crippen LogP) is 2.07. The topological polar surface area (TPSA) is 70.2 Å². The normalized spacial score (nSPS) is 25.8. The van der Waals surface area contributed by atoms with Gasteiger partial charge in [-0.05, 0) is 49.6 Å². The number of hydrogen-bond acceptors (Lipinski definition) is 3. The minimum atomic E-state index is -0.228. The molecule has 1 saturated carbocycles. The van der Waals surface area contributed by atoms with Crippen LogP contribution in [0.5, 0.6) is 0 Å². The summed E-state index contributed by atoms with van der Waals surface area (Å²) in [6, 6.07) is 7.22. The van der Waals surface area contributed by atoms with Gasteiger partial charge in [-0.15, -0.1) is 0 Å². The average molecular weight is 394 g/mol. The zero-order valence-electron chi connectivity index (χ0n) is 13.7. The SMILES string of the molecule is O=C(NCCNC(=O)[C@@]12CCCC[C@H]1CNC2)c1ccc(Br)cc1. The fourth-order valence-electron chi connectivity index (χ4n) is 3.92. The molecule has 2 atom stereocenters. The third-order valence-electron chi connectivity index (χ3n) is 5.29. The first kappa shape index (κ1) is 17.4. The van der Waals surface area contributed by atoms with Crippen molar-refractivity contribution in [2.24, 2.45) is 11.3 Å². The van der Waals surface area contributed by atoms with E-state index in [0.717, 1.165) is 36.8 Å². The summed E-state index contributed by atoms with van der Waals surface area (Å²) < 4.78 is 0.942. The Hall–Kier alpha value is -1.40. The lowest BCUT2D eigenvalue weighted by Gasteiger charge is -2.37. The molecule has 0 aromatic heterocycles. The number of carbonyl (C=O) groups is 2. The number of nitrogens with one attached hydrogen (secondary N) is 3. The highest BCUT2D eigenvalue weighted by molar-refractivity contribution is 9.10. The van der Waals surface area contributed by atoms with Gasteiger partial charge in [0, 0.05) is 29.7 Å². The molecule has 0 spiro atoms. The van der Waals surface area contributed by atoms with E-state index in [4.69, 9.17) is 0 Å². The Balaban J connectivity index is 1.45. The molecule has 2 fully saturated rings. The molecular formula is C18H24BrN3O2. The summed E-state index contributed by atoms with van der Waals surface area (Å²) >= 11 is 3.35. The predicted molar refractivity (Wildman–Crippen MR) is 96.7 cm³/mol. The first-order chi connectivity index (χ1) is 11.6. The van der Waals surface area contributed by atoms with Crippen molar-refractivity contribution in [1.29, 1.82) is 0 Å². The molecule has 2 aliphatic rings. The lowest BCUT2D eigenvalue weighted by Crippen LogP contribution is -2.49. The van der Waals surface area contributed by atoms with E-state index in [-0.39, 0.29) is 17.2 Å². The highest BCUT2D eigenvalue weighted by Gasteiger charge is 2.49. The molecule has 3 rings (SSSR count). The van der Waals surface area contributed by atoms with Crippen molar-refractivity contribution in [3.63, 3.8) is 0 Å². The van der Waals surface area contributed by atoms with E-state index in [0.29, 0.717) is 24.6 Å². The van der Waals surface area contributed by atoms with Gasteiger partial charge in [0.25, 0.3) is 5.91 Å². The molecule has 1 aliphatic heterocycles. The van der Waals surface area contributed by atoms with Gasteiger partial charge in [-0.25, -0.2) is 0 Å². The number of rotatable bonds is 5. The Morgan fingerprint density at radius 3 is 2.71 bits per heavy atom. The summed E-state index contributed by atoms with van der Waals surface area (Å²) in [6.45, 7) is 2.65. The minimum absolute atomic E-state index is 0.118. The Bertz CT molecular complexity index is 605. The van der Waals surface area contributed by atoms with Crippen molar-refractivity contribution >= 4 is 27.7 Å². The number of hydrogen-bond donors (Lipinski definition) is 3. The van der Waals surface area contributed by atoms with E-state index < -0.39 is 0 Å². The third-order valence-corrected chi connectivity index (χ3v) is 5.82. The van der Waals surface area contributed by atoms with Gasteiger partial charge >= 0.3 is 0 Å². The quantitative estimate of drug-likeness (QED) is 0.670. The molecule has 1 saturated heterocycles. The van der Waals surface area contributed by atoms with Gasteiger partial charge in [0.1, 0.15) is 0 Å². The number of halogens is 1. The molecule has 1 aromatic carbocycles. The molecule has 1 aromatic rings. The lowest BCUT2D eigenvalue weighted by molar-refractivity contribution is -0.133. The van der Waals surface area contributed by atoms with Gasteiger partial charge in [-0.3, -0.25) is 9.59 Å². The molecule has 3 N–H and O–H groups in total. The fourth-order valence-corrected chi connectivity index (χ4v) is 4.19. The van der Waals surface area contributed by atoms with Gasteiger partial charge in [-0.2, -0.15) is 0 Å². The largest absolute Gasteiger partial charge is 0.354 e. The van der Waals surface area contributed by atoms with Crippen LogP contribution in [0.4, 0.5) is 0 Å². The van der Waals surface area contributed by atoms with Crippen LogP contribution in [0.15, 0.2) is 28.7 Å². The summed E-state index contributed by atoms with van der Waals surface area (Å²) in [5, 5.41) is 9.27. The molecule has 130 valence electrons. The molecule has 0 bridgehead atoms. The van der Waals surface area contributed by atoms with Gasteiger partial charge in [0.15, 0.2) is 0 Å². The molecule has 2 amide bonds. The Kier molecular flexibility index (Phi) is 5.56. The van der Waals surface area contributed by atoms with Crippen LogP contribution in [-0.4, -0.2) is 38.0 Å². The van der Waals surface area contributed by atoms with E-state index in [2.05, 4.69) is 31.9 Å². The van der Waals surface area contributed by atoms with Crippen LogP contribution >= 0.6 is 15.9 Å². The van der Waals surface area contributed by atoms with Gasteiger partial charge < -0.3 is 16.0 Å². The average Bonchev–Trinajstić information content (AvgIpc) is 3.04. The summed E-state index contributed by atoms with van der Waals surface area (Å²) in [6.07, 6.45) is 4.47. The number of benzene rings is 1. The maximum atomic E-state index is 12.7. The highest BCUT2D eigenvalue weighted by Crippen LogP contribution is 2.43. The zero-order valence-corrected chi connectivity index (χ0v) is 15.3. The highest BCUT2D eigenvalue weighted by atomic mass is 79.9. The third kappa shape index (κ3) is 3.64. The van der Waals surface area contributed by atoms with E-state index in [1.807, 2.05) is 12.1 Å². The fraction of sp³-hybridized carbons (Fsp3) is 0.556. The molecular weight excluding hydrogens is 370 g/mol. The maximum absolute atomic E-state index is 12.7. The van der Waals surface area contributed by atoms with Crippen molar-refractivity contribution in [2.75, 3.05) is 26.2 Å². The van der Waals surface area contributed by atoms with E-state index in [1.165, 1.54) is 6.42 Å². The smallest absolute Gasteiger partial charge is 0.251 e. The minimum Gasteiger partial charge on any atom is -0.354 e. The van der Waals surface area contributed by atoms with E-state index in [9.17, 15) is 9.59 Å². The van der Waals surface area contributed by atoms with Crippen LogP contribution in [0, 0.1) is 11.3 Å².